The first-order valence-corrected chi connectivity index (χ1v) is 7.99. The fourth-order valence-corrected chi connectivity index (χ4v) is 3.53. The Kier molecular flexibility index (Phi) is 7.36. The van der Waals surface area contributed by atoms with E-state index < -0.39 is 13.2 Å². The molecule has 0 aliphatic rings. The highest BCUT2D eigenvalue weighted by Gasteiger charge is 2.32. The molecule has 1 N–H and O–H groups in total. The first kappa shape index (κ1) is 18.2. The summed E-state index contributed by atoms with van der Waals surface area (Å²) >= 11 is 0. The van der Waals surface area contributed by atoms with Crippen molar-refractivity contribution >= 4 is 13.5 Å². The Morgan fingerprint density at radius 1 is 1.42 bits per heavy atom. The highest BCUT2D eigenvalue weighted by molar-refractivity contribution is 7.53. The fraction of sp³-hybridized carbons (Fsp3) is 0.769. The lowest BCUT2D eigenvalue weighted by atomic mass is 10.2. The molecule has 0 radical (unpaired) electrons. The predicted octanol–water partition coefficient (Wildman–Crippen LogP) is 2.56. The lowest BCUT2D eigenvalue weighted by Gasteiger charge is -2.28. The van der Waals surface area contributed by atoms with Crippen molar-refractivity contribution in [2.24, 2.45) is 0 Å². The van der Waals surface area contributed by atoms with Gasteiger partial charge in [0.15, 0.2) is 0 Å². The van der Waals surface area contributed by atoms with Gasteiger partial charge in [-0.2, -0.15) is 0 Å². The maximum Gasteiger partial charge on any atom is 0.331 e. The largest absolute Gasteiger partial charge is 0.345 e. The fourth-order valence-electron chi connectivity index (χ4n) is 1.33. The number of rotatable bonds is 7. The number of hydrogen-bond donors (Lipinski definition) is 1. The van der Waals surface area contributed by atoms with Crippen LogP contribution >= 0.6 is 7.60 Å². The second kappa shape index (κ2) is 7.69. The predicted molar refractivity (Wildman–Crippen MR) is 76.0 cm³/mol. The van der Waals surface area contributed by atoms with Crippen molar-refractivity contribution in [1.29, 1.82) is 0 Å². The van der Waals surface area contributed by atoms with E-state index in [9.17, 15) is 9.36 Å². The summed E-state index contributed by atoms with van der Waals surface area (Å²) < 4.78 is 23.4. The molecule has 0 spiro atoms. The van der Waals surface area contributed by atoms with Crippen LogP contribution in [0.2, 0.25) is 0 Å². The molecule has 0 rings (SSSR count). The molecule has 1 amide bonds. The summed E-state index contributed by atoms with van der Waals surface area (Å²) in [7, 11) is -3.30. The van der Waals surface area contributed by atoms with E-state index in [0.717, 1.165) is 0 Å². The van der Waals surface area contributed by atoms with Gasteiger partial charge in [0.25, 0.3) is 0 Å². The van der Waals surface area contributed by atoms with E-state index >= 15 is 0 Å². The average Bonchev–Trinajstić information content (AvgIpc) is 2.19. The standard InChI is InChI=1S/C13H24NO4P/c1-7-9-14-12(15)8-10-19(16,17-11(2)3)18-13(4,5)6/h1,11H,8-10H2,2-6H3,(H,14,15). The summed E-state index contributed by atoms with van der Waals surface area (Å²) in [4.78, 5) is 11.5. The second-order valence-corrected chi connectivity index (χ2v) is 7.49. The molecule has 0 saturated heterocycles. The molecule has 0 aliphatic heterocycles. The van der Waals surface area contributed by atoms with Gasteiger partial charge in [0.05, 0.1) is 24.4 Å². The lowest BCUT2D eigenvalue weighted by molar-refractivity contribution is -0.120. The highest BCUT2D eigenvalue weighted by Crippen LogP contribution is 2.52. The summed E-state index contributed by atoms with van der Waals surface area (Å²) in [6, 6.07) is 0. The Morgan fingerprint density at radius 2 is 2.00 bits per heavy atom. The number of hydrogen-bond acceptors (Lipinski definition) is 4. The van der Waals surface area contributed by atoms with Crippen molar-refractivity contribution in [3.8, 4) is 12.3 Å². The van der Waals surface area contributed by atoms with Crippen LogP contribution in [-0.4, -0.2) is 30.3 Å². The van der Waals surface area contributed by atoms with Crippen molar-refractivity contribution in [3.63, 3.8) is 0 Å². The maximum absolute atomic E-state index is 12.6. The quantitative estimate of drug-likeness (QED) is 0.578. The molecule has 0 aliphatic carbocycles. The normalized spacial score (nSPS) is 14.8. The van der Waals surface area contributed by atoms with Crippen LogP contribution in [0.1, 0.15) is 41.0 Å². The molecule has 0 aromatic rings. The van der Waals surface area contributed by atoms with Gasteiger partial charge in [0, 0.05) is 6.42 Å². The van der Waals surface area contributed by atoms with Crippen LogP contribution in [0.25, 0.3) is 0 Å². The van der Waals surface area contributed by atoms with Crippen molar-refractivity contribution in [1.82, 2.24) is 5.32 Å². The van der Waals surface area contributed by atoms with Crippen LogP contribution in [0.15, 0.2) is 0 Å². The SMILES string of the molecule is C#CCNC(=O)CCP(=O)(OC(C)C)OC(C)(C)C. The minimum absolute atomic E-state index is 0.0405. The Labute approximate surface area is 116 Å². The smallest absolute Gasteiger partial charge is 0.331 e. The monoisotopic (exact) mass is 289 g/mol. The van der Waals surface area contributed by atoms with Crippen LogP contribution in [-0.2, 0) is 18.4 Å². The van der Waals surface area contributed by atoms with E-state index in [1.54, 1.807) is 34.6 Å². The molecule has 19 heavy (non-hydrogen) atoms. The van der Waals surface area contributed by atoms with Crippen molar-refractivity contribution in [2.75, 3.05) is 12.7 Å². The van der Waals surface area contributed by atoms with Gasteiger partial charge in [-0.3, -0.25) is 9.36 Å². The third-order valence-electron chi connectivity index (χ3n) is 1.78. The third-order valence-corrected chi connectivity index (χ3v) is 4.12. The van der Waals surface area contributed by atoms with Crippen molar-refractivity contribution in [2.45, 2.75) is 52.7 Å². The zero-order chi connectivity index (χ0) is 15.1. The van der Waals surface area contributed by atoms with Crippen LogP contribution in [0.5, 0.6) is 0 Å². The molecular formula is C13H24NO4P. The molecule has 0 bridgehead atoms. The molecule has 0 fully saturated rings. The Bertz CT molecular complexity index is 379. The average molecular weight is 289 g/mol. The molecule has 0 aromatic carbocycles. The van der Waals surface area contributed by atoms with Gasteiger partial charge in [-0.25, -0.2) is 0 Å². The summed E-state index contributed by atoms with van der Waals surface area (Å²) in [6.07, 6.45) is 4.90. The molecule has 0 saturated carbocycles. The zero-order valence-corrected chi connectivity index (χ0v) is 13.3. The molecule has 1 unspecified atom stereocenters. The number of carbonyl (C=O) groups excluding carboxylic acids is 1. The second-order valence-electron chi connectivity index (χ2n) is 5.42. The van der Waals surface area contributed by atoms with Gasteiger partial charge in [0.2, 0.25) is 5.91 Å². The topological polar surface area (TPSA) is 64.6 Å². The number of nitrogens with one attached hydrogen (secondary N) is 1. The van der Waals surface area contributed by atoms with E-state index in [1.165, 1.54) is 0 Å². The van der Waals surface area contributed by atoms with Gasteiger partial charge in [-0.05, 0) is 34.6 Å². The molecule has 0 heterocycles. The van der Waals surface area contributed by atoms with Gasteiger partial charge < -0.3 is 14.4 Å². The van der Waals surface area contributed by atoms with E-state index in [4.69, 9.17) is 15.5 Å². The first-order valence-electron chi connectivity index (χ1n) is 6.26. The minimum Gasteiger partial charge on any atom is -0.345 e. The van der Waals surface area contributed by atoms with Gasteiger partial charge >= 0.3 is 7.60 Å². The highest BCUT2D eigenvalue weighted by atomic mass is 31.2. The van der Waals surface area contributed by atoms with Gasteiger partial charge in [0.1, 0.15) is 0 Å². The number of terminal acetylenes is 1. The molecule has 110 valence electrons. The van der Waals surface area contributed by atoms with Crippen LogP contribution in [0.3, 0.4) is 0 Å². The first-order chi connectivity index (χ1) is 8.58. The molecule has 1 atom stereocenters. The van der Waals surface area contributed by atoms with Crippen LogP contribution in [0.4, 0.5) is 0 Å². The molecule has 6 heteroatoms. The molecular weight excluding hydrogens is 265 g/mol. The zero-order valence-electron chi connectivity index (χ0n) is 12.4. The Balaban J connectivity index is 4.57. The summed E-state index contributed by atoms with van der Waals surface area (Å²) in [5.41, 5.74) is -0.598. The van der Waals surface area contributed by atoms with E-state index in [-0.39, 0.29) is 31.1 Å². The van der Waals surface area contributed by atoms with Crippen molar-refractivity contribution < 1.29 is 18.4 Å². The molecule has 5 nitrogen and oxygen atoms in total. The Hall–Kier alpha value is -0.820. The summed E-state index contributed by atoms with van der Waals surface area (Å²) in [5, 5.41) is 2.51. The van der Waals surface area contributed by atoms with E-state index in [1.807, 2.05) is 0 Å². The van der Waals surface area contributed by atoms with E-state index in [0.29, 0.717) is 0 Å². The third kappa shape index (κ3) is 9.72. The summed E-state index contributed by atoms with van der Waals surface area (Å²) in [6.45, 7) is 9.09. The summed E-state index contributed by atoms with van der Waals surface area (Å²) in [5.74, 6) is 2.04. The number of amides is 1. The maximum atomic E-state index is 12.6. The van der Waals surface area contributed by atoms with Gasteiger partial charge in [-0.15, -0.1) is 6.42 Å². The number of carbonyl (C=O) groups is 1. The lowest BCUT2D eigenvalue weighted by Crippen LogP contribution is -2.26. The van der Waals surface area contributed by atoms with Crippen LogP contribution < -0.4 is 5.32 Å². The Morgan fingerprint density at radius 3 is 2.42 bits per heavy atom. The minimum atomic E-state index is -3.30. The van der Waals surface area contributed by atoms with Crippen LogP contribution in [0, 0.1) is 12.3 Å². The molecule has 0 aromatic heterocycles. The van der Waals surface area contributed by atoms with E-state index in [2.05, 4.69) is 11.2 Å². The van der Waals surface area contributed by atoms with Crippen molar-refractivity contribution in [3.05, 3.63) is 0 Å². The van der Waals surface area contributed by atoms with Gasteiger partial charge in [-0.1, -0.05) is 5.92 Å².